The lowest BCUT2D eigenvalue weighted by Crippen LogP contribution is -2.32. The van der Waals surface area contributed by atoms with E-state index in [-0.39, 0.29) is 0 Å². The van der Waals surface area contributed by atoms with E-state index >= 15 is 0 Å². The number of unbranched alkanes of at least 4 members (excludes halogenated alkanes) is 1. The maximum atomic E-state index is 11.4. The second-order valence-electron chi connectivity index (χ2n) is 9.88. The van der Waals surface area contributed by atoms with Gasteiger partial charge in [-0.05, 0) is 51.3 Å². The molecule has 3 heterocycles. The van der Waals surface area contributed by atoms with E-state index in [9.17, 15) is 4.79 Å². The van der Waals surface area contributed by atoms with Crippen LogP contribution >= 0.6 is 0 Å². The number of primary amides is 1. The molecule has 37 heavy (non-hydrogen) atoms. The molecule has 3 N–H and O–H groups in total. The molecule has 1 aromatic heterocycles. The van der Waals surface area contributed by atoms with Gasteiger partial charge in [0.1, 0.15) is 12.0 Å². The van der Waals surface area contributed by atoms with Crippen LogP contribution < -0.4 is 11.1 Å². The average Bonchev–Trinajstić information content (AvgIpc) is 3.08. The Labute approximate surface area is 218 Å². The third-order valence-electron chi connectivity index (χ3n) is 7.18. The van der Waals surface area contributed by atoms with Crippen LogP contribution in [0.15, 0.2) is 78.4 Å². The number of allylic oxidation sites excluding steroid dienone is 4. The maximum Gasteiger partial charge on any atom is 0.316 e. The van der Waals surface area contributed by atoms with Crippen molar-refractivity contribution in [1.82, 2.24) is 14.4 Å². The van der Waals surface area contributed by atoms with Gasteiger partial charge in [-0.2, -0.15) is 0 Å². The first-order valence-electron chi connectivity index (χ1n) is 13.3. The number of urea groups is 1. The molecule has 0 saturated carbocycles. The number of nitrogens with two attached hydrogens (primary N) is 1. The summed E-state index contributed by atoms with van der Waals surface area (Å²) in [5.41, 5.74) is 8.62. The van der Waals surface area contributed by atoms with Crippen molar-refractivity contribution in [2.45, 2.75) is 45.1 Å². The summed E-state index contributed by atoms with van der Waals surface area (Å²) in [7, 11) is 0. The number of carbonyl (C=O) groups is 1. The first-order valence-corrected chi connectivity index (χ1v) is 13.3. The van der Waals surface area contributed by atoms with Gasteiger partial charge in [-0.1, -0.05) is 42.0 Å². The minimum atomic E-state index is -0.537. The monoisotopic (exact) mass is 503 g/mol. The number of ether oxygens (including phenoxy) is 2. The number of hydrogen-bond donors (Lipinski definition) is 2. The third-order valence-corrected chi connectivity index (χ3v) is 7.18. The SMILES string of the molecule is NC(=O)Nc1cn(CCCCN2CCCN(C3=COC=C(CC4=CC=CCC4)O3)CC2)c2ccccc12. The first-order chi connectivity index (χ1) is 18.2. The summed E-state index contributed by atoms with van der Waals surface area (Å²) in [4.78, 5) is 16.2. The van der Waals surface area contributed by atoms with Gasteiger partial charge in [0.25, 0.3) is 0 Å². The molecule has 0 bridgehead atoms. The Morgan fingerprint density at radius 3 is 2.81 bits per heavy atom. The van der Waals surface area contributed by atoms with E-state index in [0.717, 1.165) is 106 Å². The lowest BCUT2D eigenvalue weighted by atomic mass is 10.0. The molecule has 2 aliphatic heterocycles. The fraction of sp³-hybridized carbons (Fsp3) is 0.414. The summed E-state index contributed by atoms with van der Waals surface area (Å²) < 4.78 is 14.1. The molecule has 5 rings (SSSR count). The second-order valence-corrected chi connectivity index (χ2v) is 9.88. The molecule has 1 aromatic carbocycles. The molecular weight excluding hydrogens is 466 g/mol. The predicted octanol–water partition coefficient (Wildman–Crippen LogP) is 5.27. The van der Waals surface area contributed by atoms with Crippen LogP contribution in [0.1, 0.15) is 38.5 Å². The number of amides is 2. The number of nitrogens with zero attached hydrogens (tertiary/aromatic N) is 3. The zero-order chi connectivity index (χ0) is 25.5. The molecule has 1 fully saturated rings. The van der Waals surface area contributed by atoms with Gasteiger partial charge in [0.05, 0.1) is 11.2 Å². The van der Waals surface area contributed by atoms with Crippen molar-refractivity contribution in [3.63, 3.8) is 0 Å². The smallest absolute Gasteiger partial charge is 0.316 e. The molecule has 0 unspecified atom stereocenters. The van der Waals surface area contributed by atoms with Crippen LogP contribution in [-0.2, 0) is 16.0 Å². The van der Waals surface area contributed by atoms with Gasteiger partial charge in [-0.25, -0.2) is 4.79 Å². The van der Waals surface area contributed by atoms with E-state index in [1.807, 2.05) is 24.4 Å². The van der Waals surface area contributed by atoms with Crippen molar-refractivity contribution in [3.05, 3.63) is 78.4 Å². The van der Waals surface area contributed by atoms with Gasteiger partial charge in [0.15, 0.2) is 6.26 Å². The van der Waals surface area contributed by atoms with Crippen molar-refractivity contribution in [2.75, 3.05) is 38.0 Å². The summed E-state index contributed by atoms with van der Waals surface area (Å²) >= 11 is 0. The van der Waals surface area contributed by atoms with Crippen LogP contribution in [0.5, 0.6) is 0 Å². The minimum absolute atomic E-state index is 0.537. The zero-order valence-corrected chi connectivity index (χ0v) is 21.4. The Hall–Kier alpha value is -3.65. The summed E-state index contributed by atoms with van der Waals surface area (Å²) in [6.45, 7) is 5.97. The number of aromatic nitrogens is 1. The predicted molar refractivity (Wildman–Crippen MR) is 146 cm³/mol. The number of para-hydroxylation sites is 1. The maximum absolute atomic E-state index is 11.4. The molecule has 0 spiro atoms. The summed E-state index contributed by atoms with van der Waals surface area (Å²) in [6.07, 6.45) is 18.2. The van der Waals surface area contributed by atoms with Gasteiger partial charge in [0.2, 0.25) is 5.88 Å². The number of nitrogens with one attached hydrogen (secondary N) is 1. The highest BCUT2D eigenvalue weighted by Crippen LogP contribution is 2.27. The number of carbonyl (C=O) groups excluding carboxylic acids is 1. The highest BCUT2D eigenvalue weighted by Gasteiger charge is 2.21. The Morgan fingerprint density at radius 2 is 1.95 bits per heavy atom. The molecule has 8 heteroatoms. The minimum Gasteiger partial charge on any atom is -0.464 e. The molecule has 2 amide bonds. The second kappa shape index (κ2) is 12.1. The quantitative estimate of drug-likeness (QED) is 0.455. The Morgan fingerprint density at radius 1 is 1.05 bits per heavy atom. The molecule has 2 aromatic rings. The lowest BCUT2D eigenvalue weighted by Gasteiger charge is -2.28. The number of hydrogen-bond acceptors (Lipinski definition) is 5. The van der Waals surface area contributed by atoms with E-state index in [4.69, 9.17) is 15.2 Å². The number of aryl methyl sites for hydroxylation is 1. The summed E-state index contributed by atoms with van der Waals surface area (Å²) in [5.74, 6) is 1.71. The van der Waals surface area contributed by atoms with Gasteiger partial charge < -0.3 is 34.9 Å². The van der Waals surface area contributed by atoms with Crippen LogP contribution in [0, 0.1) is 0 Å². The molecule has 1 saturated heterocycles. The average molecular weight is 504 g/mol. The van der Waals surface area contributed by atoms with E-state index in [1.165, 1.54) is 5.57 Å². The van der Waals surface area contributed by atoms with Gasteiger partial charge in [-0.3, -0.25) is 0 Å². The van der Waals surface area contributed by atoms with Crippen molar-refractivity contribution in [3.8, 4) is 0 Å². The van der Waals surface area contributed by atoms with E-state index in [2.05, 4.69) is 44.0 Å². The van der Waals surface area contributed by atoms with Crippen LogP contribution in [0.3, 0.4) is 0 Å². The van der Waals surface area contributed by atoms with Crippen LogP contribution in [0.2, 0.25) is 0 Å². The largest absolute Gasteiger partial charge is 0.464 e. The van der Waals surface area contributed by atoms with Gasteiger partial charge in [-0.15, -0.1) is 0 Å². The van der Waals surface area contributed by atoms with E-state index in [1.54, 1.807) is 12.5 Å². The summed E-state index contributed by atoms with van der Waals surface area (Å²) in [5, 5.41) is 3.76. The van der Waals surface area contributed by atoms with Crippen molar-refractivity contribution < 1.29 is 14.3 Å². The normalized spacial score (nSPS) is 18.4. The first kappa shape index (κ1) is 25.0. The number of rotatable bonds is 9. The van der Waals surface area contributed by atoms with Gasteiger partial charge >= 0.3 is 6.03 Å². The molecule has 3 aliphatic rings. The molecule has 1 aliphatic carbocycles. The molecule has 196 valence electrons. The highest BCUT2D eigenvalue weighted by atomic mass is 16.6. The topological polar surface area (TPSA) is 85.0 Å². The standard InChI is InChI=1S/C29H37N5O3/c30-29(35)31-26-20-34(27-12-5-4-11-25(26)27)15-7-6-13-32-14-8-16-33(18-17-32)28-22-36-21-24(37-28)19-23-9-2-1-3-10-23/h1-2,4-5,9,11-12,20-22H,3,6-8,10,13-19H2,(H3,30,31,35). The van der Waals surface area contributed by atoms with E-state index < -0.39 is 6.03 Å². The number of benzene rings is 1. The molecule has 8 nitrogen and oxygen atoms in total. The third kappa shape index (κ3) is 6.57. The van der Waals surface area contributed by atoms with Crippen LogP contribution in [0.4, 0.5) is 10.5 Å². The molecular formula is C29H37N5O3. The zero-order valence-electron chi connectivity index (χ0n) is 21.4. The Kier molecular flexibility index (Phi) is 8.15. The highest BCUT2D eigenvalue weighted by molar-refractivity contribution is 6.00. The lowest BCUT2D eigenvalue weighted by molar-refractivity contribution is 0.120. The van der Waals surface area contributed by atoms with Gasteiger partial charge in [0, 0.05) is 44.2 Å². The fourth-order valence-electron chi connectivity index (χ4n) is 5.29. The van der Waals surface area contributed by atoms with Crippen molar-refractivity contribution in [2.24, 2.45) is 5.73 Å². The molecule has 0 radical (unpaired) electrons. The van der Waals surface area contributed by atoms with Crippen LogP contribution in [-0.4, -0.2) is 53.1 Å². The van der Waals surface area contributed by atoms with Crippen molar-refractivity contribution in [1.29, 1.82) is 0 Å². The molecule has 0 atom stereocenters. The number of fused-ring (bicyclic) bond motifs is 1. The number of anilines is 1. The summed E-state index contributed by atoms with van der Waals surface area (Å²) in [6, 6.07) is 7.56. The fourth-order valence-corrected chi connectivity index (χ4v) is 5.29. The van der Waals surface area contributed by atoms with E-state index in [0.29, 0.717) is 0 Å². The Balaban J connectivity index is 1.07. The Bertz CT molecular complexity index is 1230. The van der Waals surface area contributed by atoms with Crippen LogP contribution in [0.25, 0.3) is 10.9 Å². The van der Waals surface area contributed by atoms with Crippen molar-refractivity contribution >= 4 is 22.6 Å².